The van der Waals surface area contributed by atoms with Crippen molar-refractivity contribution in [2.45, 2.75) is 20.3 Å². The molecule has 4 nitrogen and oxygen atoms in total. The van der Waals surface area contributed by atoms with Gasteiger partial charge < -0.3 is 5.11 Å². The number of imide groups is 1. The molecule has 0 aromatic heterocycles. The lowest BCUT2D eigenvalue weighted by molar-refractivity contribution is -0.119. The molecule has 1 aromatic carbocycles. The average Bonchev–Trinajstić information content (AvgIpc) is 2.61. The van der Waals surface area contributed by atoms with Gasteiger partial charge in [-0.2, -0.15) is 0 Å². The molecule has 0 bridgehead atoms. The van der Waals surface area contributed by atoms with Crippen molar-refractivity contribution in [3.05, 3.63) is 35.4 Å². The van der Waals surface area contributed by atoms with E-state index >= 15 is 0 Å². The quantitative estimate of drug-likeness (QED) is 0.788. The lowest BCUT2D eigenvalue weighted by atomic mass is 10.0. The highest BCUT2D eigenvalue weighted by atomic mass is 16.3. The number of benzene rings is 1. The summed E-state index contributed by atoms with van der Waals surface area (Å²) >= 11 is 0. The molecule has 2 amide bonds. The number of rotatable bonds is 2. The second-order valence-electron chi connectivity index (χ2n) is 3.91. The van der Waals surface area contributed by atoms with E-state index in [4.69, 9.17) is 0 Å². The molecule has 4 heteroatoms. The number of phenolic OH excluding ortho intramolecular Hbond substituents is 1. The maximum Gasteiger partial charge on any atom is 0.258 e. The third-order valence-electron chi connectivity index (χ3n) is 2.95. The van der Waals surface area contributed by atoms with Crippen LogP contribution in [-0.4, -0.2) is 16.9 Å². The van der Waals surface area contributed by atoms with Gasteiger partial charge in [-0.15, -0.1) is 0 Å². The topological polar surface area (TPSA) is 57.6 Å². The van der Waals surface area contributed by atoms with Crippen LogP contribution in [0, 0.1) is 6.92 Å². The Hall–Kier alpha value is -2.10. The van der Waals surface area contributed by atoms with Crippen LogP contribution in [0.3, 0.4) is 0 Å². The van der Waals surface area contributed by atoms with Crippen LogP contribution in [0.4, 0.5) is 5.69 Å². The van der Waals surface area contributed by atoms with Gasteiger partial charge in [0, 0.05) is 12.2 Å². The van der Waals surface area contributed by atoms with Crippen LogP contribution in [0.15, 0.2) is 24.3 Å². The summed E-state index contributed by atoms with van der Waals surface area (Å²) in [5, 5.41) is 9.69. The zero-order chi connectivity index (χ0) is 12.6. The molecule has 17 heavy (non-hydrogen) atoms. The molecule has 0 fully saturated rings. The monoisotopic (exact) mass is 231 g/mol. The lowest BCUT2D eigenvalue weighted by Gasteiger charge is -2.19. The zero-order valence-corrected chi connectivity index (χ0v) is 9.73. The Bertz CT molecular complexity index is 514. The van der Waals surface area contributed by atoms with Gasteiger partial charge in [0.1, 0.15) is 5.75 Å². The molecule has 0 saturated heterocycles. The number of hydrogen-bond acceptors (Lipinski definition) is 3. The average molecular weight is 231 g/mol. The zero-order valence-electron chi connectivity index (χ0n) is 9.73. The molecule has 0 radical (unpaired) electrons. The van der Waals surface area contributed by atoms with Crippen molar-refractivity contribution in [3.63, 3.8) is 0 Å². The van der Waals surface area contributed by atoms with Crippen LogP contribution in [-0.2, 0) is 16.0 Å². The van der Waals surface area contributed by atoms with Gasteiger partial charge in [-0.25, -0.2) is 4.90 Å². The Morgan fingerprint density at radius 3 is 2.29 bits per heavy atom. The van der Waals surface area contributed by atoms with E-state index in [9.17, 15) is 14.7 Å². The van der Waals surface area contributed by atoms with Crippen molar-refractivity contribution in [1.29, 1.82) is 0 Å². The smallest absolute Gasteiger partial charge is 0.258 e. The summed E-state index contributed by atoms with van der Waals surface area (Å²) in [6, 6.07) is 3.10. The molecule has 88 valence electrons. The van der Waals surface area contributed by atoms with E-state index in [0.717, 1.165) is 16.0 Å². The van der Waals surface area contributed by atoms with Crippen molar-refractivity contribution in [3.8, 4) is 5.75 Å². The fourth-order valence-electron chi connectivity index (χ4n) is 2.06. The SMILES string of the molecule is CCc1c(O)ccc(N2C(=O)C=CC2=O)c1C. The number of amides is 2. The first kappa shape index (κ1) is 11.4. The van der Waals surface area contributed by atoms with Crippen LogP contribution >= 0.6 is 0 Å². The number of aromatic hydroxyl groups is 1. The van der Waals surface area contributed by atoms with Gasteiger partial charge in [0.25, 0.3) is 11.8 Å². The van der Waals surface area contributed by atoms with Gasteiger partial charge in [-0.3, -0.25) is 9.59 Å². The van der Waals surface area contributed by atoms with Crippen LogP contribution < -0.4 is 4.90 Å². The van der Waals surface area contributed by atoms with Crippen molar-refractivity contribution in [2.75, 3.05) is 4.90 Å². The molecule has 1 aliphatic rings. The fourth-order valence-corrected chi connectivity index (χ4v) is 2.06. The van der Waals surface area contributed by atoms with E-state index in [-0.39, 0.29) is 17.6 Å². The van der Waals surface area contributed by atoms with E-state index < -0.39 is 0 Å². The third kappa shape index (κ3) is 1.71. The number of anilines is 1. The third-order valence-corrected chi connectivity index (χ3v) is 2.95. The maximum absolute atomic E-state index is 11.6. The normalized spacial score (nSPS) is 14.8. The van der Waals surface area contributed by atoms with Gasteiger partial charge >= 0.3 is 0 Å². The van der Waals surface area contributed by atoms with E-state index in [0.29, 0.717) is 12.1 Å². The summed E-state index contributed by atoms with van der Waals surface area (Å²) in [4.78, 5) is 24.3. The fraction of sp³-hybridized carbons (Fsp3) is 0.231. The molecule has 1 N–H and O–H groups in total. The summed E-state index contributed by atoms with van der Waals surface area (Å²) in [5.41, 5.74) is 2.06. The molecule has 1 aromatic rings. The first-order chi connectivity index (χ1) is 8.06. The van der Waals surface area contributed by atoms with Gasteiger partial charge in [0.15, 0.2) is 0 Å². The summed E-state index contributed by atoms with van der Waals surface area (Å²) in [7, 11) is 0. The Morgan fingerprint density at radius 2 is 1.76 bits per heavy atom. The van der Waals surface area contributed by atoms with Crippen LogP contribution in [0.5, 0.6) is 5.75 Å². The van der Waals surface area contributed by atoms with Gasteiger partial charge in [-0.05, 0) is 36.6 Å². The van der Waals surface area contributed by atoms with Crippen molar-refractivity contribution in [1.82, 2.24) is 0 Å². The second-order valence-corrected chi connectivity index (χ2v) is 3.91. The Labute approximate surface area is 99.2 Å². The predicted octanol–water partition coefficient (Wildman–Crippen LogP) is 1.69. The minimum absolute atomic E-state index is 0.195. The highest BCUT2D eigenvalue weighted by molar-refractivity contribution is 6.28. The molecule has 0 atom stereocenters. The number of carbonyl (C=O) groups is 2. The number of carbonyl (C=O) groups excluding carboxylic acids is 2. The molecular weight excluding hydrogens is 218 g/mol. The van der Waals surface area contributed by atoms with Gasteiger partial charge in [0.2, 0.25) is 0 Å². The summed E-state index contributed by atoms with van der Waals surface area (Å²) < 4.78 is 0. The molecule has 0 unspecified atom stereocenters. The predicted molar refractivity (Wildman–Crippen MR) is 63.9 cm³/mol. The first-order valence-electron chi connectivity index (χ1n) is 5.43. The highest BCUT2D eigenvalue weighted by Crippen LogP contribution is 2.31. The molecule has 0 aliphatic carbocycles. The molecule has 0 spiro atoms. The minimum Gasteiger partial charge on any atom is -0.508 e. The summed E-state index contributed by atoms with van der Waals surface area (Å²) in [5.74, 6) is -0.488. The molecule has 2 rings (SSSR count). The summed E-state index contributed by atoms with van der Waals surface area (Å²) in [6.07, 6.45) is 3.15. The molecule has 1 aliphatic heterocycles. The second kappa shape index (κ2) is 4.05. The van der Waals surface area contributed by atoms with Crippen molar-refractivity contribution >= 4 is 17.5 Å². The van der Waals surface area contributed by atoms with Crippen LogP contribution in [0.2, 0.25) is 0 Å². The number of phenols is 1. The summed E-state index contributed by atoms with van der Waals surface area (Å²) in [6.45, 7) is 3.71. The highest BCUT2D eigenvalue weighted by Gasteiger charge is 2.27. The van der Waals surface area contributed by atoms with Crippen molar-refractivity contribution < 1.29 is 14.7 Å². The Balaban J connectivity index is 2.54. The van der Waals surface area contributed by atoms with Crippen LogP contribution in [0.1, 0.15) is 18.1 Å². The first-order valence-corrected chi connectivity index (χ1v) is 5.43. The number of hydrogen-bond donors (Lipinski definition) is 1. The minimum atomic E-state index is -0.342. The van der Waals surface area contributed by atoms with Crippen LogP contribution in [0.25, 0.3) is 0 Å². The molecule has 0 saturated carbocycles. The standard InChI is InChI=1S/C13H13NO3/c1-3-9-8(2)10(4-5-11(9)15)14-12(16)6-7-13(14)17/h4-7,15H,3H2,1-2H3. The van der Waals surface area contributed by atoms with E-state index in [1.54, 1.807) is 13.0 Å². The van der Waals surface area contributed by atoms with Gasteiger partial charge in [0.05, 0.1) is 5.69 Å². The molecular formula is C13H13NO3. The molecule has 1 heterocycles. The largest absolute Gasteiger partial charge is 0.508 e. The van der Waals surface area contributed by atoms with Gasteiger partial charge in [-0.1, -0.05) is 6.92 Å². The maximum atomic E-state index is 11.6. The number of nitrogens with zero attached hydrogens (tertiary/aromatic N) is 1. The van der Waals surface area contributed by atoms with E-state index in [1.807, 2.05) is 6.92 Å². The van der Waals surface area contributed by atoms with E-state index in [1.165, 1.54) is 18.2 Å². The van der Waals surface area contributed by atoms with E-state index in [2.05, 4.69) is 0 Å². The Kier molecular flexibility index (Phi) is 2.71. The van der Waals surface area contributed by atoms with Crippen molar-refractivity contribution in [2.24, 2.45) is 0 Å². The Morgan fingerprint density at radius 1 is 1.18 bits per heavy atom. The lowest BCUT2D eigenvalue weighted by Crippen LogP contribution is -2.30.